The van der Waals surface area contributed by atoms with Gasteiger partial charge in [-0.1, -0.05) is 11.6 Å². The van der Waals surface area contributed by atoms with E-state index in [0.29, 0.717) is 17.6 Å². The largest absolute Gasteiger partial charge is 0.393 e. The zero-order valence-electron chi connectivity index (χ0n) is 11.4. The Morgan fingerprint density at radius 3 is 3.05 bits per heavy atom. The minimum absolute atomic E-state index is 0.190. The van der Waals surface area contributed by atoms with E-state index < -0.39 is 0 Å². The molecule has 0 aromatic carbocycles. The van der Waals surface area contributed by atoms with Gasteiger partial charge >= 0.3 is 0 Å². The van der Waals surface area contributed by atoms with Gasteiger partial charge in [-0.05, 0) is 31.9 Å². The standard InChI is InChI=1S/C14H18N4O2/c1-9-17-14(20-18-9)10-5-6-15-13(7-10)16-8-11-3-2-4-12(11)19/h5-7,11-12,19H,2-4,8H2,1H3,(H,15,16). The fourth-order valence-corrected chi connectivity index (χ4v) is 2.57. The second kappa shape index (κ2) is 5.58. The Bertz CT molecular complexity index is 584. The molecule has 6 heteroatoms. The zero-order chi connectivity index (χ0) is 13.9. The number of nitrogens with one attached hydrogen (secondary N) is 1. The van der Waals surface area contributed by atoms with E-state index in [2.05, 4.69) is 20.4 Å². The lowest BCUT2D eigenvalue weighted by Gasteiger charge is -2.15. The Balaban J connectivity index is 1.68. The van der Waals surface area contributed by atoms with Crippen LogP contribution in [0.1, 0.15) is 25.1 Å². The first-order valence-electron chi connectivity index (χ1n) is 6.91. The van der Waals surface area contributed by atoms with Crippen LogP contribution in [0.4, 0.5) is 5.82 Å². The number of aliphatic hydroxyl groups is 1. The molecule has 0 bridgehead atoms. The molecule has 106 valence electrons. The summed E-state index contributed by atoms with van der Waals surface area (Å²) in [6.07, 6.45) is 4.59. The van der Waals surface area contributed by atoms with Gasteiger partial charge in [0.1, 0.15) is 5.82 Å². The van der Waals surface area contributed by atoms with Crippen LogP contribution in [-0.2, 0) is 0 Å². The highest BCUT2D eigenvalue weighted by atomic mass is 16.5. The maximum absolute atomic E-state index is 9.81. The van der Waals surface area contributed by atoms with Gasteiger partial charge in [-0.3, -0.25) is 0 Å². The molecule has 20 heavy (non-hydrogen) atoms. The second-order valence-corrected chi connectivity index (χ2v) is 5.22. The van der Waals surface area contributed by atoms with E-state index >= 15 is 0 Å². The smallest absolute Gasteiger partial charge is 0.258 e. The molecule has 3 rings (SSSR count). The molecule has 1 aliphatic rings. The van der Waals surface area contributed by atoms with E-state index in [-0.39, 0.29) is 6.10 Å². The van der Waals surface area contributed by atoms with E-state index in [4.69, 9.17) is 4.52 Å². The van der Waals surface area contributed by atoms with Gasteiger partial charge in [0.15, 0.2) is 5.82 Å². The minimum atomic E-state index is -0.190. The van der Waals surface area contributed by atoms with Crippen molar-refractivity contribution in [1.82, 2.24) is 15.1 Å². The summed E-state index contributed by atoms with van der Waals surface area (Å²) in [5, 5.41) is 16.9. The fourth-order valence-electron chi connectivity index (χ4n) is 2.57. The van der Waals surface area contributed by atoms with Gasteiger partial charge in [0.2, 0.25) is 0 Å². The molecule has 2 atom stereocenters. The molecule has 0 radical (unpaired) electrons. The summed E-state index contributed by atoms with van der Waals surface area (Å²) < 4.78 is 5.14. The maximum Gasteiger partial charge on any atom is 0.258 e. The van der Waals surface area contributed by atoms with Gasteiger partial charge in [0.05, 0.1) is 6.10 Å². The maximum atomic E-state index is 9.81. The quantitative estimate of drug-likeness (QED) is 0.887. The highest BCUT2D eigenvalue weighted by molar-refractivity contribution is 5.57. The molecule has 0 amide bonds. The minimum Gasteiger partial charge on any atom is -0.393 e. The summed E-state index contributed by atoms with van der Waals surface area (Å²) in [6.45, 7) is 2.52. The molecule has 0 aliphatic heterocycles. The second-order valence-electron chi connectivity index (χ2n) is 5.22. The molecular formula is C14H18N4O2. The van der Waals surface area contributed by atoms with Crippen LogP contribution in [0.2, 0.25) is 0 Å². The lowest BCUT2D eigenvalue weighted by Crippen LogP contribution is -2.22. The van der Waals surface area contributed by atoms with Gasteiger partial charge in [-0.25, -0.2) is 4.98 Å². The van der Waals surface area contributed by atoms with E-state index in [1.807, 2.05) is 12.1 Å². The van der Waals surface area contributed by atoms with Crippen LogP contribution in [0.15, 0.2) is 22.9 Å². The normalized spacial score (nSPS) is 22.1. The van der Waals surface area contributed by atoms with E-state index in [1.54, 1.807) is 13.1 Å². The predicted molar refractivity (Wildman–Crippen MR) is 74.1 cm³/mol. The first-order valence-corrected chi connectivity index (χ1v) is 6.91. The monoisotopic (exact) mass is 274 g/mol. The Morgan fingerprint density at radius 1 is 1.45 bits per heavy atom. The van der Waals surface area contributed by atoms with E-state index in [9.17, 15) is 5.11 Å². The Morgan fingerprint density at radius 2 is 2.35 bits per heavy atom. The van der Waals surface area contributed by atoms with Gasteiger partial charge in [-0.15, -0.1) is 0 Å². The van der Waals surface area contributed by atoms with Crippen molar-refractivity contribution in [3.05, 3.63) is 24.2 Å². The highest BCUT2D eigenvalue weighted by Crippen LogP contribution is 2.26. The van der Waals surface area contributed by atoms with Crippen LogP contribution >= 0.6 is 0 Å². The third-order valence-electron chi connectivity index (χ3n) is 3.70. The van der Waals surface area contributed by atoms with Crippen LogP contribution in [0, 0.1) is 12.8 Å². The van der Waals surface area contributed by atoms with Gasteiger partial charge in [-0.2, -0.15) is 4.98 Å². The molecule has 0 saturated heterocycles. The Labute approximate surface area is 117 Å². The average Bonchev–Trinajstić information content (AvgIpc) is 3.06. The number of anilines is 1. The summed E-state index contributed by atoms with van der Waals surface area (Å²) in [5.74, 6) is 2.18. The van der Waals surface area contributed by atoms with Crippen molar-refractivity contribution in [3.8, 4) is 11.5 Å². The summed E-state index contributed by atoms with van der Waals surface area (Å²) in [4.78, 5) is 8.47. The van der Waals surface area contributed by atoms with Gasteiger partial charge < -0.3 is 14.9 Å². The molecule has 2 N–H and O–H groups in total. The van der Waals surface area contributed by atoms with Crippen LogP contribution < -0.4 is 5.32 Å². The number of aryl methyl sites for hydroxylation is 1. The molecule has 1 fully saturated rings. The summed E-state index contributed by atoms with van der Waals surface area (Å²) in [7, 11) is 0. The molecule has 6 nitrogen and oxygen atoms in total. The highest BCUT2D eigenvalue weighted by Gasteiger charge is 2.24. The van der Waals surface area contributed by atoms with Crippen molar-refractivity contribution in [2.24, 2.45) is 5.92 Å². The number of hydrogen-bond acceptors (Lipinski definition) is 6. The fraction of sp³-hybridized carbons (Fsp3) is 0.500. The molecule has 2 aromatic heterocycles. The molecular weight excluding hydrogens is 256 g/mol. The average molecular weight is 274 g/mol. The van der Waals surface area contributed by atoms with Crippen LogP contribution in [0.5, 0.6) is 0 Å². The molecule has 1 saturated carbocycles. The van der Waals surface area contributed by atoms with Gasteiger partial charge in [0.25, 0.3) is 5.89 Å². The summed E-state index contributed by atoms with van der Waals surface area (Å²) >= 11 is 0. The molecule has 2 unspecified atom stereocenters. The van der Waals surface area contributed by atoms with E-state index in [1.165, 1.54) is 0 Å². The van der Waals surface area contributed by atoms with Crippen molar-refractivity contribution >= 4 is 5.82 Å². The molecule has 2 heterocycles. The first kappa shape index (κ1) is 13.1. The van der Waals surface area contributed by atoms with Crippen molar-refractivity contribution in [2.75, 3.05) is 11.9 Å². The lowest BCUT2D eigenvalue weighted by atomic mass is 10.1. The molecule has 0 spiro atoms. The van der Waals surface area contributed by atoms with Crippen LogP contribution in [0.25, 0.3) is 11.5 Å². The Kier molecular flexibility index (Phi) is 3.64. The Hall–Kier alpha value is -1.95. The molecule has 2 aromatic rings. The van der Waals surface area contributed by atoms with Crippen molar-refractivity contribution in [1.29, 1.82) is 0 Å². The topological polar surface area (TPSA) is 84.1 Å². The number of nitrogens with zero attached hydrogens (tertiary/aromatic N) is 3. The van der Waals surface area contributed by atoms with E-state index in [0.717, 1.165) is 37.2 Å². The van der Waals surface area contributed by atoms with Crippen molar-refractivity contribution < 1.29 is 9.63 Å². The zero-order valence-corrected chi connectivity index (χ0v) is 11.4. The summed E-state index contributed by atoms with van der Waals surface area (Å²) in [6, 6.07) is 3.72. The number of hydrogen-bond donors (Lipinski definition) is 2. The lowest BCUT2D eigenvalue weighted by molar-refractivity contribution is 0.138. The number of pyridine rings is 1. The van der Waals surface area contributed by atoms with Crippen LogP contribution in [-0.4, -0.2) is 32.9 Å². The van der Waals surface area contributed by atoms with Crippen LogP contribution in [0.3, 0.4) is 0 Å². The number of aromatic nitrogens is 3. The first-order chi connectivity index (χ1) is 9.72. The number of rotatable bonds is 4. The third kappa shape index (κ3) is 2.80. The van der Waals surface area contributed by atoms with Crippen molar-refractivity contribution in [2.45, 2.75) is 32.3 Å². The van der Waals surface area contributed by atoms with Gasteiger partial charge in [0, 0.05) is 24.2 Å². The molecule has 1 aliphatic carbocycles. The summed E-state index contributed by atoms with van der Waals surface area (Å²) in [5.41, 5.74) is 0.843. The van der Waals surface area contributed by atoms with Crippen molar-refractivity contribution in [3.63, 3.8) is 0 Å². The SMILES string of the molecule is Cc1noc(-c2ccnc(NCC3CCCC3O)c2)n1. The predicted octanol–water partition coefficient (Wildman–Crippen LogP) is 2.01. The number of aliphatic hydroxyl groups excluding tert-OH is 1. The third-order valence-corrected chi connectivity index (χ3v) is 3.70.